The van der Waals surface area contributed by atoms with Gasteiger partial charge in [-0.3, -0.25) is 4.79 Å². The van der Waals surface area contributed by atoms with Gasteiger partial charge in [0.1, 0.15) is 5.78 Å². The van der Waals surface area contributed by atoms with Gasteiger partial charge >= 0.3 is 0 Å². The number of carbonyl (C=O) groups is 1. The molecular formula is C17H27BrO2. The molecule has 114 valence electrons. The second-order valence-corrected chi connectivity index (χ2v) is 5.94. The third-order valence-electron chi connectivity index (χ3n) is 3.25. The van der Waals surface area contributed by atoms with Crippen molar-refractivity contribution >= 4 is 21.7 Å². The summed E-state index contributed by atoms with van der Waals surface area (Å²) >= 11 is 3.14. The van der Waals surface area contributed by atoms with Crippen molar-refractivity contribution < 1.29 is 9.90 Å². The molecule has 0 saturated heterocycles. The highest BCUT2D eigenvalue weighted by molar-refractivity contribution is 9.09. The second kappa shape index (κ2) is 10.1. The average molecular weight is 343 g/mol. The van der Waals surface area contributed by atoms with Crippen LogP contribution in [0.3, 0.4) is 0 Å². The molecule has 0 saturated carbocycles. The van der Waals surface area contributed by atoms with E-state index in [1.807, 2.05) is 45.9 Å². The third-order valence-corrected chi connectivity index (χ3v) is 3.88. The Balaban J connectivity index is 0.00000172. The Bertz CT molecular complexity index is 374. The third kappa shape index (κ3) is 7.20. The maximum absolute atomic E-state index is 11.2. The standard InChI is InChI=1S/C15H21BrO2.C2H6/c1-15(2,10-12-6-4-3-5-7-12)14(18)9-8-13(17)11-16;1-2/h3-7,14,18H,8-11H2,1-2H3;1-2H3. The van der Waals surface area contributed by atoms with Gasteiger partial charge in [-0.25, -0.2) is 0 Å². The van der Waals surface area contributed by atoms with Crippen molar-refractivity contribution in [2.75, 3.05) is 5.33 Å². The summed E-state index contributed by atoms with van der Waals surface area (Å²) in [7, 11) is 0. The summed E-state index contributed by atoms with van der Waals surface area (Å²) in [4.78, 5) is 11.2. The number of halogens is 1. The molecule has 0 spiro atoms. The summed E-state index contributed by atoms with van der Waals surface area (Å²) in [6, 6.07) is 10.1. The van der Waals surface area contributed by atoms with Crippen LogP contribution in [0.4, 0.5) is 0 Å². The van der Waals surface area contributed by atoms with E-state index in [-0.39, 0.29) is 11.2 Å². The topological polar surface area (TPSA) is 37.3 Å². The molecule has 2 nitrogen and oxygen atoms in total. The Morgan fingerprint density at radius 2 is 1.80 bits per heavy atom. The molecule has 0 bridgehead atoms. The van der Waals surface area contributed by atoms with Crippen LogP contribution in [0.5, 0.6) is 0 Å². The molecule has 0 radical (unpaired) electrons. The summed E-state index contributed by atoms with van der Waals surface area (Å²) in [5.41, 5.74) is 1.00. The van der Waals surface area contributed by atoms with E-state index in [1.165, 1.54) is 5.56 Å². The van der Waals surface area contributed by atoms with Crippen molar-refractivity contribution in [3.05, 3.63) is 35.9 Å². The zero-order valence-corrected chi connectivity index (χ0v) is 14.6. The molecule has 0 aromatic heterocycles. The van der Waals surface area contributed by atoms with Crippen molar-refractivity contribution in [1.29, 1.82) is 0 Å². The fourth-order valence-corrected chi connectivity index (χ4v) is 2.28. The first-order chi connectivity index (χ1) is 9.45. The molecule has 1 unspecified atom stereocenters. The molecule has 1 rings (SSSR count). The number of hydrogen-bond acceptors (Lipinski definition) is 2. The van der Waals surface area contributed by atoms with Gasteiger partial charge in [0.2, 0.25) is 0 Å². The highest BCUT2D eigenvalue weighted by Gasteiger charge is 2.28. The first-order valence-corrected chi connectivity index (χ1v) is 8.37. The number of Topliss-reactive ketones (excluding diaryl/α,β-unsaturated/α-hetero) is 1. The maximum atomic E-state index is 11.2. The quantitative estimate of drug-likeness (QED) is 0.746. The van der Waals surface area contributed by atoms with Crippen LogP contribution in [0.1, 0.15) is 46.1 Å². The number of alkyl halides is 1. The number of aliphatic hydroxyl groups excluding tert-OH is 1. The molecule has 0 aliphatic carbocycles. The van der Waals surface area contributed by atoms with Crippen molar-refractivity contribution in [3.63, 3.8) is 0 Å². The molecule has 0 fully saturated rings. The van der Waals surface area contributed by atoms with Gasteiger partial charge in [0.15, 0.2) is 0 Å². The van der Waals surface area contributed by atoms with Gasteiger partial charge in [-0.1, -0.05) is 74.0 Å². The molecule has 0 amide bonds. The van der Waals surface area contributed by atoms with Crippen LogP contribution in [0.25, 0.3) is 0 Å². The van der Waals surface area contributed by atoms with E-state index in [0.29, 0.717) is 18.2 Å². The van der Waals surface area contributed by atoms with Crippen LogP contribution in [0, 0.1) is 5.41 Å². The van der Waals surface area contributed by atoms with E-state index in [0.717, 1.165) is 6.42 Å². The monoisotopic (exact) mass is 342 g/mol. The van der Waals surface area contributed by atoms with E-state index in [4.69, 9.17) is 0 Å². The molecule has 0 aliphatic heterocycles. The van der Waals surface area contributed by atoms with E-state index in [9.17, 15) is 9.90 Å². The number of benzene rings is 1. The Kier molecular flexibility index (Phi) is 9.78. The Morgan fingerprint density at radius 3 is 2.30 bits per heavy atom. The average Bonchev–Trinajstić information content (AvgIpc) is 2.47. The number of rotatable bonds is 7. The molecular weight excluding hydrogens is 316 g/mol. The normalized spacial score (nSPS) is 12.3. The SMILES string of the molecule is CC.CC(C)(Cc1ccccc1)C(O)CCC(=O)CBr. The molecule has 0 aliphatic rings. The lowest BCUT2D eigenvalue weighted by Gasteiger charge is -2.30. The van der Waals surface area contributed by atoms with E-state index in [2.05, 4.69) is 28.1 Å². The zero-order chi connectivity index (χ0) is 15.6. The predicted molar refractivity (Wildman–Crippen MR) is 89.3 cm³/mol. The van der Waals surface area contributed by atoms with Crippen LogP contribution < -0.4 is 0 Å². The summed E-state index contributed by atoms with van der Waals surface area (Å²) in [6.07, 6.45) is 1.33. The largest absolute Gasteiger partial charge is 0.393 e. The van der Waals surface area contributed by atoms with Crippen LogP contribution in [0.15, 0.2) is 30.3 Å². The minimum atomic E-state index is -0.458. The minimum absolute atomic E-state index is 0.143. The van der Waals surface area contributed by atoms with Gasteiger partial charge in [0.25, 0.3) is 0 Å². The van der Waals surface area contributed by atoms with Crippen LogP contribution >= 0.6 is 15.9 Å². The van der Waals surface area contributed by atoms with Crippen LogP contribution in [-0.4, -0.2) is 22.3 Å². The van der Waals surface area contributed by atoms with Gasteiger partial charge < -0.3 is 5.11 Å². The lowest BCUT2D eigenvalue weighted by atomic mass is 9.78. The summed E-state index contributed by atoms with van der Waals surface area (Å²) in [5.74, 6) is 0.143. The maximum Gasteiger partial charge on any atom is 0.143 e. The second-order valence-electron chi connectivity index (χ2n) is 5.38. The first-order valence-electron chi connectivity index (χ1n) is 7.25. The Labute approximate surface area is 131 Å². The lowest BCUT2D eigenvalue weighted by molar-refractivity contribution is -0.117. The molecule has 3 heteroatoms. The van der Waals surface area contributed by atoms with Crippen LogP contribution in [-0.2, 0) is 11.2 Å². The predicted octanol–water partition coefficient (Wildman–Crippen LogP) is 4.39. The van der Waals surface area contributed by atoms with Gasteiger partial charge in [-0.05, 0) is 23.8 Å². The Morgan fingerprint density at radius 1 is 1.25 bits per heavy atom. The number of hydrogen-bond donors (Lipinski definition) is 1. The number of aliphatic hydroxyl groups is 1. The molecule has 1 atom stereocenters. The lowest BCUT2D eigenvalue weighted by Crippen LogP contribution is -2.32. The molecule has 1 aromatic rings. The van der Waals surface area contributed by atoms with Crippen molar-refractivity contribution in [3.8, 4) is 0 Å². The van der Waals surface area contributed by atoms with Crippen LogP contribution in [0.2, 0.25) is 0 Å². The van der Waals surface area contributed by atoms with E-state index in [1.54, 1.807) is 0 Å². The van der Waals surface area contributed by atoms with Gasteiger partial charge in [0, 0.05) is 6.42 Å². The Hall–Kier alpha value is -0.670. The van der Waals surface area contributed by atoms with Gasteiger partial charge in [0.05, 0.1) is 11.4 Å². The van der Waals surface area contributed by atoms with Gasteiger partial charge in [-0.2, -0.15) is 0 Å². The minimum Gasteiger partial charge on any atom is -0.393 e. The van der Waals surface area contributed by atoms with Crippen molar-refractivity contribution in [1.82, 2.24) is 0 Å². The fourth-order valence-electron chi connectivity index (χ4n) is 2.00. The van der Waals surface area contributed by atoms with E-state index >= 15 is 0 Å². The molecule has 0 heterocycles. The zero-order valence-electron chi connectivity index (χ0n) is 13.0. The highest BCUT2D eigenvalue weighted by Crippen LogP contribution is 2.28. The summed E-state index contributed by atoms with van der Waals surface area (Å²) < 4.78 is 0. The number of carbonyl (C=O) groups excluding carboxylic acids is 1. The summed E-state index contributed by atoms with van der Waals surface area (Å²) in [6.45, 7) is 8.09. The number of ketones is 1. The van der Waals surface area contributed by atoms with Crippen molar-refractivity contribution in [2.45, 2.75) is 53.1 Å². The van der Waals surface area contributed by atoms with E-state index < -0.39 is 6.10 Å². The smallest absolute Gasteiger partial charge is 0.143 e. The fraction of sp³-hybridized carbons (Fsp3) is 0.588. The van der Waals surface area contributed by atoms with Crippen molar-refractivity contribution in [2.24, 2.45) is 5.41 Å². The molecule has 20 heavy (non-hydrogen) atoms. The van der Waals surface area contributed by atoms with Gasteiger partial charge in [-0.15, -0.1) is 0 Å². The molecule has 1 aromatic carbocycles. The first kappa shape index (κ1) is 19.3. The molecule has 1 N–H and O–H groups in total. The highest BCUT2D eigenvalue weighted by atomic mass is 79.9. The summed E-state index contributed by atoms with van der Waals surface area (Å²) in [5, 5.41) is 10.6.